The first-order valence-corrected chi connectivity index (χ1v) is 8.04. The van der Waals surface area contributed by atoms with Gasteiger partial charge in [-0.15, -0.1) is 11.6 Å². The van der Waals surface area contributed by atoms with Crippen LogP contribution in [0.5, 0.6) is 5.75 Å². The summed E-state index contributed by atoms with van der Waals surface area (Å²) in [6.45, 7) is 0. The lowest BCUT2D eigenvalue weighted by atomic mass is 10.2. The molecule has 2 aromatic carbocycles. The van der Waals surface area contributed by atoms with E-state index in [0.717, 1.165) is 15.8 Å². The van der Waals surface area contributed by atoms with Gasteiger partial charge in [0.15, 0.2) is 5.58 Å². The number of anilines is 1. The third-order valence-corrected chi connectivity index (χ3v) is 4.05. The van der Waals surface area contributed by atoms with Gasteiger partial charge in [0.1, 0.15) is 17.1 Å². The first-order chi connectivity index (χ1) is 11.1. The predicted molar refractivity (Wildman–Crippen MR) is 93.0 cm³/mol. The summed E-state index contributed by atoms with van der Waals surface area (Å²) < 4.78 is 11.8. The number of ether oxygens (including phenoxy) is 1. The molecule has 118 valence electrons. The summed E-state index contributed by atoms with van der Waals surface area (Å²) in [5.74, 6) is 0.857. The largest absolute Gasteiger partial charge is 0.496 e. The van der Waals surface area contributed by atoms with Gasteiger partial charge in [-0.25, -0.2) is 4.98 Å². The lowest BCUT2D eigenvalue weighted by Crippen LogP contribution is -2.12. The summed E-state index contributed by atoms with van der Waals surface area (Å²) in [5, 5.41) is 2.68. The van der Waals surface area contributed by atoms with Gasteiger partial charge < -0.3 is 14.5 Å². The second-order valence-corrected chi connectivity index (χ2v) is 5.85. The van der Waals surface area contributed by atoms with E-state index >= 15 is 0 Å². The maximum atomic E-state index is 11.3. The number of nitrogens with one attached hydrogen (secondary N) is 1. The standard InChI is InChI=1S/C16H12BrClN2O3/c1-22-13-4-2-9(6-11(13)17)16-20-12-7-10(19-15(21)8-18)3-5-14(12)23-16/h2-7H,8H2,1H3,(H,19,21). The quantitative estimate of drug-likeness (QED) is 0.663. The van der Waals surface area contributed by atoms with E-state index in [2.05, 4.69) is 26.2 Å². The Hall–Kier alpha value is -2.05. The molecule has 0 aliphatic heterocycles. The number of oxazole rings is 1. The molecule has 1 heterocycles. The van der Waals surface area contributed by atoms with Gasteiger partial charge in [0.2, 0.25) is 11.8 Å². The SMILES string of the molecule is COc1ccc(-c2nc3cc(NC(=O)CCl)ccc3o2)cc1Br. The fourth-order valence-corrected chi connectivity index (χ4v) is 2.73. The number of nitrogens with zero attached hydrogens (tertiary/aromatic N) is 1. The molecule has 0 spiro atoms. The number of hydrogen-bond donors (Lipinski definition) is 1. The number of hydrogen-bond acceptors (Lipinski definition) is 4. The molecule has 0 unspecified atom stereocenters. The monoisotopic (exact) mass is 394 g/mol. The maximum Gasteiger partial charge on any atom is 0.239 e. The first-order valence-electron chi connectivity index (χ1n) is 6.71. The van der Waals surface area contributed by atoms with Gasteiger partial charge in [-0.2, -0.15) is 0 Å². The molecule has 3 rings (SSSR count). The minimum atomic E-state index is -0.270. The molecule has 0 saturated carbocycles. The number of carbonyl (C=O) groups is 1. The Morgan fingerprint density at radius 2 is 2.17 bits per heavy atom. The maximum absolute atomic E-state index is 11.3. The van der Waals surface area contributed by atoms with Gasteiger partial charge in [-0.05, 0) is 52.3 Å². The van der Waals surface area contributed by atoms with E-state index in [1.165, 1.54) is 0 Å². The molecule has 0 radical (unpaired) electrons. The molecule has 0 fully saturated rings. The fraction of sp³-hybridized carbons (Fsp3) is 0.125. The molecule has 0 saturated heterocycles. The van der Waals surface area contributed by atoms with Crippen molar-refractivity contribution in [2.24, 2.45) is 0 Å². The normalized spacial score (nSPS) is 10.7. The Morgan fingerprint density at radius 3 is 2.87 bits per heavy atom. The van der Waals surface area contributed by atoms with E-state index < -0.39 is 0 Å². The number of aromatic nitrogens is 1. The summed E-state index contributed by atoms with van der Waals surface area (Å²) in [5.41, 5.74) is 2.73. The van der Waals surface area contributed by atoms with Crippen molar-refractivity contribution >= 4 is 50.2 Å². The van der Waals surface area contributed by atoms with Crippen LogP contribution in [0.3, 0.4) is 0 Å². The molecule has 3 aromatic rings. The summed E-state index contributed by atoms with van der Waals surface area (Å²) in [6.07, 6.45) is 0. The predicted octanol–water partition coefficient (Wildman–Crippen LogP) is 4.44. The zero-order chi connectivity index (χ0) is 16.4. The van der Waals surface area contributed by atoms with Crippen molar-refractivity contribution in [1.82, 2.24) is 4.98 Å². The van der Waals surface area contributed by atoms with Crippen molar-refractivity contribution in [1.29, 1.82) is 0 Å². The number of halogens is 2. The lowest BCUT2D eigenvalue weighted by Gasteiger charge is -2.03. The van der Waals surface area contributed by atoms with Crippen molar-refractivity contribution in [3.63, 3.8) is 0 Å². The Kier molecular flexibility index (Phi) is 4.54. The molecule has 0 aliphatic carbocycles. The van der Waals surface area contributed by atoms with Crippen LogP contribution in [0.1, 0.15) is 0 Å². The highest BCUT2D eigenvalue weighted by atomic mass is 79.9. The molecular formula is C16H12BrClN2O3. The second-order valence-electron chi connectivity index (χ2n) is 4.73. The van der Waals surface area contributed by atoms with Gasteiger partial charge in [0.25, 0.3) is 0 Å². The fourth-order valence-electron chi connectivity index (χ4n) is 2.12. The van der Waals surface area contributed by atoms with E-state index in [-0.39, 0.29) is 11.8 Å². The van der Waals surface area contributed by atoms with Crippen LogP contribution in [0.2, 0.25) is 0 Å². The number of alkyl halides is 1. The Balaban J connectivity index is 1.96. The minimum Gasteiger partial charge on any atom is -0.496 e. The number of rotatable bonds is 4. The lowest BCUT2D eigenvalue weighted by molar-refractivity contribution is -0.113. The number of methoxy groups -OCH3 is 1. The van der Waals surface area contributed by atoms with Crippen molar-refractivity contribution in [3.8, 4) is 17.2 Å². The Labute approximate surface area is 145 Å². The molecule has 23 heavy (non-hydrogen) atoms. The van der Waals surface area contributed by atoms with Crippen molar-refractivity contribution in [2.45, 2.75) is 0 Å². The van der Waals surface area contributed by atoms with Crippen LogP contribution in [0, 0.1) is 0 Å². The molecule has 0 bridgehead atoms. The molecule has 1 N–H and O–H groups in total. The molecule has 1 amide bonds. The van der Waals surface area contributed by atoms with Crippen molar-refractivity contribution < 1.29 is 13.9 Å². The van der Waals surface area contributed by atoms with Crippen molar-refractivity contribution in [3.05, 3.63) is 40.9 Å². The topological polar surface area (TPSA) is 64.4 Å². The average Bonchev–Trinajstić information content (AvgIpc) is 2.97. The number of benzene rings is 2. The van der Waals surface area contributed by atoms with Crippen LogP contribution >= 0.6 is 27.5 Å². The van der Waals surface area contributed by atoms with Gasteiger partial charge in [-0.1, -0.05) is 0 Å². The van der Waals surface area contributed by atoms with E-state index in [0.29, 0.717) is 22.7 Å². The third-order valence-electron chi connectivity index (χ3n) is 3.19. The van der Waals surface area contributed by atoms with Gasteiger partial charge >= 0.3 is 0 Å². The first kappa shape index (κ1) is 15.8. The number of fused-ring (bicyclic) bond motifs is 1. The van der Waals surface area contributed by atoms with Gasteiger partial charge in [-0.3, -0.25) is 4.79 Å². The minimum absolute atomic E-state index is 0.0953. The highest BCUT2D eigenvalue weighted by molar-refractivity contribution is 9.10. The molecule has 0 atom stereocenters. The van der Waals surface area contributed by atoms with Gasteiger partial charge in [0, 0.05) is 11.3 Å². The van der Waals surface area contributed by atoms with Crippen LogP contribution in [0.15, 0.2) is 45.3 Å². The average molecular weight is 396 g/mol. The third kappa shape index (κ3) is 3.33. The van der Waals surface area contributed by atoms with Crippen LogP contribution in [-0.2, 0) is 4.79 Å². The van der Waals surface area contributed by atoms with Crippen LogP contribution < -0.4 is 10.1 Å². The highest BCUT2D eigenvalue weighted by Gasteiger charge is 2.11. The molecular weight excluding hydrogens is 384 g/mol. The zero-order valence-corrected chi connectivity index (χ0v) is 14.4. The number of amides is 1. The van der Waals surface area contributed by atoms with E-state index in [9.17, 15) is 4.79 Å². The number of carbonyl (C=O) groups excluding carboxylic acids is 1. The second kappa shape index (κ2) is 6.60. The molecule has 1 aromatic heterocycles. The summed E-state index contributed by atoms with van der Waals surface area (Å²) >= 11 is 8.92. The molecule has 5 nitrogen and oxygen atoms in total. The van der Waals surface area contributed by atoms with Crippen molar-refractivity contribution in [2.75, 3.05) is 18.3 Å². The smallest absolute Gasteiger partial charge is 0.239 e. The summed E-state index contributed by atoms with van der Waals surface area (Å²) in [4.78, 5) is 15.8. The van der Waals surface area contributed by atoms with Crippen LogP contribution in [-0.4, -0.2) is 23.9 Å². The van der Waals surface area contributed by atoms with Crippen LogP contribution in [0.4, 0.5) is 5.69 Å². The zero-order valence-electron chi connectivity index (χ0n) is 12.1. The Bertz CT molecular complexity index is 879. The van der Waals surface area contributed by atoms with Crippen LogP contribution in [0.25, 0.3) is 22.6 Å². The van der Waals surface area contributed by atoms with E-state index in [4.69, 9.17) is 20.8 Å². The summed E-state index contributed by atoms with van der Waals surface area (Å²) in [7, 11) is 1.61. The van der Waals surface area contributed by atoms with E-state index in [1.54, 1.807) is 25.3 Å². The van der Waals surface area contributed by atoms with E-state index in [1.807, 2.05) is 18.2 Å². The Morgan fingerprint density at radius 1 is 1.35 bits per heavy atom. The molecule has 0 aliphatic rings. The summed E-state index contributed by atoms with van der Waals surface area (Å²) in [6, 6.07) is 10.8. The van der Waals surface area contributed by atoms with Gasteiger partial charge in [0.05, 0.1) is 11.6 Å². The molecule has 7 heteroatoms. The highest BCUT2D eigenvalue weighted by Crippen LogP contribution is 2.32.